The van der Waals surface area contributed by atoms with Crippen molar-refractivity contribution in [2.45, 2.75) is 27.4 Å². The molecule has 0 aliphatic rings. The van der Waals surface area contributed by atoms with Gasteiger partial charge in [0.05, 0.1) is 9.80 Å². The average Bonchev–Trinajstić information content (AvgIpc) is 3.09. The summed E-state index contributed by atoms with van der Waals surface area (Å²) in [4.78, 5) is 23.7. The second-order valence-corrected chi connectivity index (χ2v) is 7.57. The highest BCUT2D eigenvalue weighted by Crippen LogP contribution is 2.27. The van der Waals surface area contributed by atoms with Gasteiger partial charge in [-0.15, -0.1) is 11.3 Å². The standard InChI is InChI=1S/C21H20N2O4S/c1-13-4-5-18(19(9-13)23(25)26)22-21(24)20-10-16(12-28-20)11-27-17-7-14(2)6-15(3)8-17/h4-10,12H,11H2,1-3H3,(H,22,24). The first-order valence-electron chi connectivity index (χ1n) is 8.67. The first kappa shape index (κ1) is 19.6. The SMILES string of the molecule is Cc1cc(C)cc(OCc2csc(C(=O)Nc3ccc(C)cc3[N+](=O)[O-])c2)c1. The van der Waals surface area contributed by atoms with Crippen molar-refractivity contribution in [1.29, 1.82) is 0 Å². The summed E-state index contributed by atoms with van der Waals surface area (Å²) in [6.07, 6.45) is 0. The number of nitrogens with zero attached hydrogens (tertiary/aromatic N) is 1. The van der Waals surface area contributed by atoms with Crippen LogP contribution in [0.3, 0.4) is 0 Å². The molecule has 3 rings (SSSR count). The molecule has 6 nitrogen and oxygen atoms in total. The summed E-state index contributed by atoms with van der Waals surface area (Å²) in [5.41, 5.74) is 3.94. The summed E-state index contributed by atoms with van der Waals surface area (Å²) in [6.45, 7) is 6.13. The molecular formula is C21H20N2O4S. The number of carbonyl (C=O) groups excluding carboxylic acids is 1. The van der Waals surface area contributed by atoms with Crippen LogP contribution in [0.25, 0.3) is 0 Å². The Balaban J connectivity index is 1.68. The Kier molecular flexibility index (Phi) is 5.75. The molecule has 0 saturated carbocycles. The Morgan fingerprint density at radius 2 is 1.79 bits per heavy atom. The Morgan fingerprint density at radius 1 is 1.07 bits per heavy atom. The number of hydrogen-bond donors (Lipinski definition) is 1. The number of nitrogens with one attached hydrogen (secondary N) is 1. The van der Waals surface area contributed by atoms with E-state index in [1.807, 2.05) is 31.4 Å². The number of aryl methyl sites for hydroxylation is 3. The van der Waals surface area contributed by atoms with Gasteiger partial charge in [-0.25, -0.2) is 0 Å². The van der Waals surface area contributed by atoms with Gasteiger partial charge in [0, 0.05) is 11.6 Å². The van der Waals surface area contributed by atoms with Gasteiger partial charge in [0.25, 0.3) is 11.6 Å². The monoisotopic (exact) mass is 396 g/mol. The number of ether oxygens (including phenoxy) is 1. The second-order valence-electron chi connectivity index (χ2n) is 6.66. The van der Waals surface area contributed by atoms with Gasteiger partial charge in [0.15, 0.2) is 0 Å². The first-order valence-corrected chi connectivity index (χ1v) is 9.54. The minimum absolute atomic E-state index is 0.122. The molecule has 0 aliphatic carbocycles. The fourth-order valence-electron chi connectivity index (χ4n) is 2.84. The quantitative estimate of drug-likeness (QED) is 0.446. The van der Waals surface area contributed by atoms with Crippen LogP contribution in [0.15, 0.2) is 47.8 Å². The molecule has 0 aliphatic heterocycles. The highest BCUT2D eigenvalue weighted by Gasteiger charge is 2.18. The summed E-state index contributed by atoms with van der Waals surface area (Å²) in [5.74, 6) is 0.402. The zero-order chi connectivity index (χ0) is 20.3. The van der Waals surface area contributed by atoms with Gasteiger partial charge in [-0.1, -0.05) is 12.1 Å². The summed E-state index contributed by atoms with van der Waals surface area (Å²) in [5, 5.41) is 15.7. The molecule has 1 amide bonds. The molecule has 0 fully saturated rings. The molecule has 0 bridgehead atoms. The molecule has 1 N–H and O–H groups in total. The molecule has 0 unspecified atom stereocenters. The van der Waals surface area contributed by atoms with Crippen LogP contribution in [0.1, 0.15) is 31.9 Å². The maximum atomic E-state index is 12.5. The molecule has 28 heavy (non-hydrogen) atoms. The van der Waals surface area contributed by atoms with E-state index >= 15 is 0 Å². The molecule has 144 valence electrons. The Morgan fingerprint density at radius 3 is 2.46 bits per heavy atom. The number of carbonyl (C=O) groups is 1. The minimum atomic E-state index is -0.500. The highest BCUT2D eigenvalue weighted by atomic mass is 32.1. The second kappa shape index (κ2) is 8.22. The first-order chi connectivity index (χ1) is 13.3. The number of anilines is 1. The van der Waals surface area contributed by atoms with Crippen molar-refractivity contribution < 1.29 is 14.5 Å². The molecule has 3 aromatic rings. The molecule has 0 spiro atoms. The van der Waals surface area contributed by atoms with Crippen molar-refractivity contribution in [3.63, 3.8) is 0 Å². The topological polar surface area (TPSA) is 81.5 Å². The summed E-state index contributed by atoms with van der Waals surface area (Å²) < 4.78 is 5.81. The van der Waals surface area contributed by atoms with Gasteiger partial charge < -0.3 is 10.1 Å². The molecule has 1 aromatic heterocycles. The number of hydrogen-bond acceptors (Lipinski definition) is 5. The van der Waals surface area contributed by atoms with E-state index < -0.39 is 4.92 Å². The van der Waals surface area contributed by atoms with E-state index in [0.717, 1.165) is 28.0 Å². The zero-order valence-corrected chi connectivity index (χ0v) is 16.6. The fraction of sp³-hybridized carbons (Fsp3) is 0.190. The van der Waals surface area contributed by atoms with E-state index in [1.54, 1.807) is 25.1 Å². The van der Waals surface area contributed by atoms with Crippen molar-refractivity contribution in [3.8, 4) is 5.75 Å². The summed E-state index contributed by atoms with van der Waals surface area (Å²) >= 11 is 1.27. The number of nitro groups is 1. The van der Waals surface area contributed by atoms with Gasteiger partial charge in [0.2, 0.25) is 0 Å². The lowest BCUT2D eigenvalue weighted by molar-refractivity contribution is -0.384. The van der Waals surface area contributed by atoms with Gasteiger partial charge in [-0.3, -0.25) is 14.9 Å². The number of thiophene rings is 1. The van der Waals surface area contributed by atoms with Crippen LogP contribution in [0.5, 0.6) is 5.75 Å². The van der Waals surface area contributed by atoms with E-state index in [-0.39, 0.29) is 17.3 Å². The van der Waals surface area contributed by atoms with Gasteiger partial charge >= 0.3 is 0 Å². The van der Waals surface area contributed by atoms with Crippen molar-refractivity contribution in [2.75, 3.05) is 5.32 Å². The van der Waals surface area contributed by atoms with Crippen LogP contribution < -0.4 is 10.1 Å². The third-order valence-corrected chi connectivity index (χ3v) is 5.05. The average molecular weight is 396 g/mol. The molecule has 2 aromatic carbocycles. The van der Waals surface area contributed by atoms with Crippen molar-refractivity contribution in [1.82, 2.24) is 0 Å². The fourth-order valence-corrected chi connectivity index (χ4v) is 3.63. The Bertz CT molecular complexity index is 1020. The van der Waals surface area contributed by atoms with Crippen molar-refractivity contribution >= 4 is 28.6 Å². The summed E-state index contributed by atoms with van der Waals surface area (Å²) in [7, 11) is 0. The Labute approximate surface area is 166 Å². The number of amides is 1. The highest BCUT2D eigenvalue weighted by molar-refractivity contribution is 7.12. The molecular weight excluding hydrogens is 376 g/mol. The van der Waals surface area contributed by atoms with E-state index in [1.165, 1.54) is 17.4 Å². The molecule has 0 atom stereocenters. The largest absolute Gasteiger partial charge is 0.489 e. The van der Waals surface area contributed by atoms with Crippen LogP contribution in [-0.2, 0) is 6.61 Å². The van der Waals surface area contributed by atoms with E-state index in [9.17, 15) is 14.9 Å². The molecule has 0 saturated heterocycles. The van der Waals surface area contributed by atoms with Crippen LogP contribution in [-0.4, -0.2) is 10.8 Å². The van der Waals surface area contributed by atoms with Gasteiger partial charge in [0.1, 0.15) is 18.0 Å². The Hall–Kier alpha value is -3.19. The van der Waals surface area contributed by atoms with Crippen LogP contribution in [0.4, 0.5) is 11.4 Å². The lowest BCUT2D eigenvalue weighted by Crippen LogP contribution is -2.11. The maximum Gasteiger partial charge on any atom is 0.293 e. The van der Waals surface area contributed by atoms with Gasteiger partial charge in [-0.2, -0.15) is 0 Å². The molecule has 1 heterocycles. The van der Waals surface area contributed by atoms with Crippen molar-refractivity contribution in [3.05, 3.63) is 85.1 Å². The molecule has 7 heteroatoms. The van der Waals surface area contributed by atoms with Crippen molar-refractivity contribution in [2.24, 2.45) is 0 Å². The third kappa shape index (κ3) is 4.75. The normalized spacial score (nSPS) is 10.5. The summed E-state index contributed by atoms with van der Waals surface area (Å²) in [6, 6.07) is 12.4. The minimum Gasteiger partial charge on any atom is -0.489 e. The maximum absolute atomic E-state index is 12.5. The number of rotatable bonds is 6. The lowest BCUT2D eigenvalue weighted by Gasteiger charge is -2.07. The van der Waals surface area contributed by atoms with E-state index in [2.05, 4.69) is 11.4 Å². The van der Waals surface area contributed by atoms with Gasteiger partial charge in [-0.05, 0) is 67.1 Å². The lowest BCUT2D eigenvalue weighted by atomic mass is 10.1. The predicted octanol–water partition coefficient (Wildman–Crippen LogP) is 5.41. The van der Waals surface area contributed by atoms with Crippen LogP contribution in [0, 0.1) is 30.9 Å². The number of nitro benzene ring substituents is 1. The molecule has 0 radical (unpaired) electrons. The number of benzene rings is 2. The van der Waals surface area contributed by atoms with Crippen LogP contribution in [0.2, 0.25) is 0 Å². The zero-order valence-electron chi connectivity index (χ0n) is 15.8. The van der Waals surface area contributed by atoms with E-state index in [4.69, 9.17) is 4.74 Å². The third-order valence-electron chi connectivity index (χ3n) is 4.08. The van der Waals surface area contributed by atoms with Crippen LogP contribution >= 0.6 is 11.3 Å². The smallest absolute Gasteiger partial charge is 0.293 e. The predicted molar refractivity (Wildman–Crippen MR) is 110 cm³/mol. The van der Waals surface area contributed by atoms with E-state index in [0.29, 0.717) is 11.5 Å².